The Labute approximate surface area is 273 Å². The third-order valence-corrected chi connectivity index (χ3v) is 9.13. The second kappa shape index (κ2) is 13.4. The minimum Gasteiger partial charge on any atom is -0.508 e. The van der Waals surface area contributed by atoms with Gasteiger partial charge in [-0.05, 0) is 56.4 Å². The van der Waals surface area contributed by atoms with Crippen LogP contribution in [0, 0.1) is 5.41 Å². The summed E-state index contributed by atoms with van der Waals surface area (Å²) in [6, 6.07) is 13.1. The maximum atomic E-state index is 14.3. The molecule has 1 aliphatic carbocycles. The first-order valence-electron chi connectivity index (χ1n) is 16.0. The fourth-order valence-corrected chi connectivity index (χ4v) is 6.97. The van der Waals surface area contributed by atoms with E-state index in [4.69, 9.17) is 23.8 Å². The van der Waals surface area contributed by atoms with Crippen LogP contribution in [0.15, 0.2) is 54.6 Å². The van der Waals surface area contributed by atoms with Crippen molar-refractivity contribution in [2.45, 2.75) is 95.1 Å². The molecule has 0 spiro atoms. The SMILES string of the molecule is CC(C)(C)OC(=O)CC[C@@H](CO)NC(=O)[C@@]12C[C@H]3OC(=O)[C@@H]1N(Cc1ccc(C=CCc4ccccc4O)cc1)O[C@@H]2[C@H]1OCO[C@H]13. The largest absolute Gasteiger partial charge is 0.508 e. The van der Waals surface area contributed by atoms with Gasteiger partial charge in [-0.1, -0.05) is 54.6 Å². The van der Waals surface area contributed by atoms with Crippen LogP contribution < -0.4 is 5.32 Å². The molecule has 3 N–H and O–H groups in total. The van der Waals surface area contributed by atoms with Gasteiger partial charge in [0.15, 0.2) is 6.04 Å². The van der Waals surface area contributed by atoms with Gasteiger partial charge in [0.2, 0.25) is 5.91 Å². The van der Waals surface area contributed by atoms with Crippen LogP contribution in [0.1, 0.15) is 56.7 Å². The van der Waals surface area contributed by atoms with E-state index in [0.717, 1.165) is 16.7 Å². The van der Waals surface area contributed by atoms with E-state index in [1.165, 1.54) is 5.06 Å². The number of carbonyl (C=O) groups is 3. The zero-order valence-electron chi connectivity index (χ0n) is 26.8. The predicted molar refractivity (Wildman–Crippen MR) is 167 cm³/mol. The number of hydroxylamine groups is 2. The molecule has 4 aliphatic rings. The standard InChI is InChI=1S/C35H42N2O10/c1-34(2,3)46-27(40)16-15-24(19-38)36-33(42)35-17-26-28-29(44-20-43-28)31(35)47-37(30(35)32(41)45-26)18-22-13-11-21(12-14-22)7-6-9-23-8-4-5-10-25(23)39/h4-8,10-14,24,26,28-31,38-39H,9,15-20H2,1-3H3,(H,36,42)/t24-,26+,28-,29-,30-,31+,35-/m0/s1. The van der Waals surface area contributed by atoms with Crippen LogP contribution >= 0.6 is 0 Å². The molecule has 3 saturated heterocycles. The molecule has 1 saturated carbocycles. The number of aliphatic hydroxyl groups is 1. The summed E-state index contributed by atoms with van der Waals surface area (Å²) in [5.74, 6) is -1.25. The fraction of sp³-hybridized carbons (Fsp3) is 0.514. The van der Waals surface area contributed by atoms with E-state index in [1.807, 2.05) is 48.6 Å². The zero-order valence-corrected chi connectivity index (χ0v) is 26.8. The number of nitrogens with zero attached hydrogens (tertiary/aromatic N) is 1. The highest BCUT2D eigenvalue weighted by Gasteiger charge is 2.74. The number of nitrogens with one attached hydrogen (secondary N) is 1. The molecule has 12 nitrogen and oxygen atoms in total. The summed E-state index contributed by atoms with van der Waals surface area (Å²) in [7, 11) is 0. The van der Waals surface area contributed by atoms with Gasteiger partial charge < -0.3 is 34.5 Å². The van der Waals surface area contributed by atoms with Crippen molar-refractivity contribution >= 4 is 23.9 Å². The van der Waals surface area contributed by atoms with Crippen molar-refractivity contribution in [3.05, 3.63) is 71.3 Å². The molecule has 6 rings (SSSR count). The molecule has 0 aromatic heterocycles. The van der Waals surface area contributed by atoms with E-state index in [1.54, 1.807) is 32.9 Å². The fourth-order valence-electron chi connectivity index (χ4n) is 6.97. The summed E-state index contributed by atoms with van der Waals surface area (Å²) in [5, 5.41) is 24.5. The summed E-state index contributed by atoms with van der Waals surface area (Å²) in [5.41, 5.74) is 0.603. The number of ether oxygens (including phenoxy) is 4. The number of phenolic OH excluding ortho intramolecular Hbond substituents is 1. The third kappa shape index (κ3) is 6.79. The van der Waals surface area contributed by atoms with Crippen LogP contribution in [0.2, 0.25) is 0 Å². The number of aromatic hydroxyl groups is 1. The molecular weight excluding hydrogens is 608 g/mol. The Balaban J connectivity index is 1.18. The minimum atomic E-state index is -1.38. The first kappa shape index (κ1) is 33.1. The molecule has 2 aromatic rings. The number of allylic oxidation sites excluding steroid dienone is 1. The molecule has 3 heterocycles. The molecule has 252 valence electrons. The summed E-state index contributed by atoms with van der Waals surface area (Å²) in [4.78, 5) is 46.6. The van der Waals surface area contributed by atoms with Crippen molar-refractivity contribution in [1.29, 1.82) is 0 Å². The van der Waals surface area contributed by atoms with Crippen molar-refractivity contribution in [3.8, 4) is 5.75 Å². The highest BCUT2D eigenvalue weighted by Crippen LogP contribution is 2.55. The first-order chi connectivity index (χ1) is 22.5. The molecule has 0 unspecified atom stereocenters. The van der Waals surface area contributed by atoms with Crippen molar-refractivity contribution in [2.75, 3.05) is 13.4 Å². The number of esters is 2. The quantitative estimate of drug-likeness (QED) is 0.308. The van der Waals surface area contributed by atoms with Gasteiger partial charge in [0.1, 0.15) is 48.0 Å². The smallest absolute Gasteiger partial charge is 0.327 e. The number of aliphatic hydroxyl groups excluding tert-OH is 1. The van der Waals surface area contributed by atoms with Gasteiger partial charge in [-0.25, -0.2) is 0 Å². The van der Waals surface area contributed by atoms with E-state index in [0.29, 0.717) is 6.42 Å². The summed E-state index contributed by atoms with van der Waals surface area (Å²) in [6.07, 6.45) is 2.07. The lowest BCUT2D eigenvalue weighted by atomic mass is 9.62. The Kier molecular flexibility index (Phi) is 9.41. The monoisotopic (exact) mass is 650 g/mol. The summed E-state index contributed by atoms with van der Waals surface area (Å²) >= 11 is 0. The molecular formula is C35H42N2O10. The van der Waals surface area contributed by atoms with Crippen molar-refractivity contribution in [3.63, 3.8) is 0 Å². The summed E-state index contributed by atoms with van der Waals surface area (Å²) in [6.45, 7) is 5.08. The number of benzene rings is 2. The Hall–Kier alpha value is -3.81. The van der Waals surface area contributed by atoms with Gasteiger partial charge in [0.25, 0.3) is 0 Å². The average Bonchev–Trinajstić information content (AvgIpc) is 3.65. The molecule has 1 amide bonds. The van der Waals surface area contributed by atoms with Gasteiger partial charge in [0, 0.05) is 12.8 Å². The van der Waals surface area contributed by atoms with Crippen molar-refractivity contribution in [2.24, 2.45) is 5.41 Å². The van der Waals surface area contributed by atoms with Crippen LogP contribution in [0.3, 0.4) is 0 Å². The zero-order chi connectivity index (χ0) is 33.3. The number of rotatable bonds is 11. The van der Waals surface area contributed by atoms with Crippen LogP contribution in [0.25, 0.3) is 6.08 Å². The Morgan fingerprint density at radius 2 is 1.87 bits per heavy atom. The van der Waals surface area contributed by atoms with Gasteiger partial charge in [-0.15, -0.1) is 0 Å². The third-order valence-electron chi connectivity index (χ3n) is 9.13. The van der Waals surface area contributed by atoms with E-state index in [-0.39, 0.29) is 38.3 Å². The maximum absolute atomic E-state index is 14.3. The normalized spacial score (nSPS) is 28.9. The molecule has 2 aromatic carbocycles. The number of carbonyl (C=O) groups excluding carboxylic acids is 3. The molecule has 4 fully saturated rings. The lowest BCUT2D eigenvalue weighted by Crippen LogP contribution is -2.70. The Morgan fingerprint density at radius 3 is 2.60 bits per heavy atom. The summed E-state index contributed by atoms with van der Waals surface area (Å²) < 4.78 is 22.9. The second-order valence-corrected chi connectivity index (χ2v) is 13.6. The van der Waals surface area contributed by atoms with E-state index in [9.17, 15) is 24.6 Å². The van der Waals surface area contributed by atoms with Gasteiger partial charge in [-0.3, -0.25) is 19.2 Å². The van der Waals surface area contributed by atoms with Crippen molar-refractivity contribution in [1.82, 2.24) is 10.4 Å². The van der Waals surface area contributed by atoms with Gasteiger partial charge >= 0.3 is 11.9 Å². The molecule has 47 heavy (non-hydrogen) atoms. The number of phenols is 1. The molecule has 3 aliphatic heterocycles. The van der Waals surface area contributed by atoms with E-state index < -0.39 is 72.0 Å². The number of hydrogen-bond acceptors (Lipinski definition) is 11. The Morgan fingerprint density at radius 1 is 1.13 bits per heavy atom. The molecule has 2 bridgehead atoms. The lowest BCUT2D eigenvalue weighted by molar-refractivity contribution is -0.201. The van der Waals surface area contributed by atoms with Gasteiger partial charge in [-0.2, -0.15) is 5.06 Å². The molecule has 0 radical (unpaired) electrons. The van der Waals surface area contributed by atoms with E-state index in [2.05, 4.69) is 5.32 Å². The van der Waals surface area contributed by atoms with Crippen molar-refractivity contribution < 1.29 is 48.4 Å². The average molecular weight is 651 g/mol. The number of para-hydroxylation sites is 1. The predicted octanol–water partition coefficient (Wildman–Crippen LogP) is 2.79. The number of amides is 1. The topological polar surface area (TPSA) is 153 Å². The first-order valence-corrected chi connectivity index (χ1v) is 16.0. The second-order valence-electron chi connectivity index (χ2n) is 13.6. The lowest BCUT2D eigenvalue weighted by Gasteiger charge is -2.49. The molecule has 12 heteroatoms. The van der Waals surface area contributed by atoms with Crippen LogP contribution in [-0.4, -0.2) is 88.6 Å². The number of hydrogen-bond donors (Lipinski definition) is 3. The minimum absolute atomic E-state index is 0.00249. The number of fused-ring (bicyclic) bond motifs is 4. The highest BCUT2D eigenvalue weighted by molar-refractivity contribution is 5.93. The van der Waals surface area contributed by atoms with Crippen LogP contribution in [-0.2, 0) is 51.1 Å². The van der Waals surface area contributed by atoms with Crippen LogP contribution in [0.5, 0.6) is 5.75 Å². The van der Waals surface area contributed by atoms with E-state index >= 15 is 0 Å². The maximum Gasteiger partial charge on any atom is 0.327 e. The highest BCUT2D eigenvalue weighted by atomic mass is 16.8. The Bertz CT molecular complexity index is 1500. The van der Waals surface area contributed by atoms with Gasteiger partial charge in [0.05, 0.1) is 19.2 Å². The molecule has 7 atom stereocenters. The van der Waals surface area contributed by atoms with Crippen LogP contribution in [0.4, 0.5) is 0 Å².